The Hall–Kier alpha value is -4.20. The normalized spacial score (nSPS) is 15.9. The average molecular weight is 523 g/mol. The first-order valence-corrected chi connectivity index (χ1v) is 13.9. The summed E-state index contributed by atoms with van der Waals surface area (Å²) in [6.07, 6.45) is 11.6. The van der Waals surface area contributed by atoms with Gasteiger partial charge in [0, 0.05) is 35.8 Å². The first-order chi connectivity index (χ1) is 19.1. The number of fused-ring (bicyclic) bond motifs is 1. The topological polar surface area (TPSA) is 92.3 Å². The molecular formula is C31H34N6O2. The highest BCUT2D eigenvalue weighted by atomic mass is 16.5. The van der Waals surface area contributed by atoms with Gasteiger partial charge >= 0.3 is 0 Å². The van der Waals surface area contributed by atoms with Gasteiger partial charge in [-0.15, -0.1) is 0 Å². The van der Waals surface area contributed by atoms with Crippen molar-refractivity contribution in [2.24, 2.45) is 0 Å². The number of carbonyl (C=O) groups is 1. The average Bonchev–Trinajstić information content (AvgIpc) is 3.51. The van der Waals surface area contributed by atoms with Gasteiger partial charge in [0.2, 0.25) is 0 Å². The number of nitrogens with zero attached hydrogens (tertiary/aromatic N) is 4. The lowest BCUT2D eigenvalue weighted by atomic mass is 9.95. The zero-order valence-corrected chi connectivity index (χ0v) is 22.3. The van der Waals surface area contributed by atoms with Crippen molar-refractivity contribution in [3.63, 3.8) is 0 Å². The predicted octanol–water partition coefficient (Wildman–Crippen LogP) is 6.53. The van der Waals surface area contributed by atoms with E-state index in [4.69, 9.17) is 4.74 Å². The lowest BCUT2D eigenvalue weighted by Crippen LogP contribution is -2.36. The Bertz CT molecular complexity index is 1460. The Morgan fingerprint density at radius 3 is 2.49 bits per heavy atom. The first-order valence-electron chi connectivity index (χ1n) is 13.9. The molecule has 2 N–H and O–H groups in total. The quantitative estimate of drug-likeness (QED) is 0.285. The molecule has 0 radical (unpaired) electrons. The molecule has 1 aliphatic heterocycles. The molecule has 39 heavy (non-hydrogen) atoms. The Kier molecular flexibility index (Phi) is 7.25. The van der Waals surface area contributed by atoms with Crippen molar-refractivity contribution < 1.29 is 9.53 Å². The van der Waals surface area contributed by atoms with Crippen LogP contribution in [-0.4, -0.2) is 40.0 Å². The summed E-state index contributed by atoms with van der Waals surface area (Å²) in [5.41, 5.74) is 3.36. The molecule has 6 rings (SSSR count). The summed E-state index contributed by atoms with van der Waals surface area (Å²) >= 11 is 0. The zero-order valence-electron chi connectivity index (χ0n) is 22.3. The molecule has 4 aromatic rings. The number of amides is 1. The second-order valence-corrected chi connectivity index (χ2v) is 10.5. The number of hydrogen-bond acceptors (Lipinski definition) is 7. The van der Waals surface area contributed by atoms with E-state index in [0.717, 1.165) is 65.5 Å². The van der Waals surface area contributed by atoms with Crippen LogP contribution in [0.15, 0.2) is 61.1 Å². The van der Waals surface area contributed by atoms with Crippen LogP contribution in [0.4, 0.5) is 17.3 Å². The Balaban J connectivity index is 1.13. The number of aryl methyl sites for hydroxylation is 1. The van der Waals surface area contributed by atoms with Crippen LogP contribution in [0.2, 0.25) is 0 Å². The maximum absolute atomic E-state index is 12.6. The minimum Gasteiger partial charge on any atom is -0.457 e. The molecule has 200 valence electrons. The fourth-order valence-electron chi connectivity index (χ4n) is 5.46. The van der Waals surface area contributed by atoms with E-state index in [-0.39, 0.29) is 5.91 Å². The summed E-state index contributed by atoms with van der Waals surface area (Å²) in [5.74, 6) is 3.15. The molecule has 8 heteroatoms. The summed E-state index contributed by atoms with van der Waals surface area (Å²) in [5, 5.41) is 7.56. The SMILES string of the molecule is Cc1cc(Nc2ncnc3cnc(N4CCCC4)cc23)ccc1Oc1ccc(C(=O)NC2CCCCC2)cc1. The molecule has 1 amide bonds. The standard InChI is InChI=1S/C31H34N6O2/c1-21-17-24(35-30-26-18-29(37-15-5-6-16-37)32-19-27(26)33-20-34-30)11-14-28(21)39-25-12-9-22(10-13-25)31(38)36-23-7-3-2-4-8-23/h9-14,17-20,23H,2-8,15-16H2,1H3,(H,36,38)(H,33,34,35). The second kappa shape index (κ2) is 11.3. The first kappa shape index (κ1) is 25.1. The number of nitrogens with one attached hydrogen (secondary N) is 2. The molecule has 2 fully saturated rings. The van der Waals surface area contributed by atoms with E-state index in [0.29, 0.717) is 17.4 Å². The van der Waals surface area contributed by atoms with E-state index in [2.05, 4.69) is 36.6 Å². The zero-order chi connectivity index (χ0) is 26.6. The van der Waals surface area contributed by atoms with Crippen LogP contribution in [-0.2, 0) is 0 Å². The summed E-state index contributed by atoms with van der Waals surface area (Å²) < 4.78 is 6.14. The number of carbonyl (C=O) groups excluding carboxylic acids is 1. The molecule has 0 bridgehead atoms. The van der Waals surface area contributed by atoms with Gasteiger partial charge in [-0.3, -0.25) is 4.79 Å². The van der Waals surface area contributed by atoms with Crippen molar-refractivity contribution in [3.05, 3.63) is 72.2 Å². The number of pyridine rings is 1. The van der Waals surface area contributed by atoms with E-state index in [1.54, 1.807) is 6.33 Å². The predicted molar refractivity (Wildman–Crippen MR) is 154 cm³/mol. The van der Waals surface area contributed by atoms with E-state index in [9.17, 15) is 4.79 Å². The fraction of sp³-hybridized carbons (Fsp3) is 0.355. The molecule has 2 aromatic heterocycles. The van der Waals surface area contributed by atoms with Crippen LogP contribution in [0, 0.1) is 6.92 Å². The van der Waals surface area contributed by atoms with Gasteiger partial charge in [-0.05, 0) is 86.7 Å². The number of ether oxygens (including phenoxy) is 1. The molecular weight excluding hydrogens is 488 g/mol. The molecule has 1 saturated heterocycles. The molecule has 0 unspecified atom stereocenters. The van der Waals surface area contributed by atoms with E-state index in [1.165, 1.54) is 32.1 Å². The highest BCUT2D eigenvalue weighted by Gasteiger charge is 2.17. The fourth-order valence-corrected chi connectivity index (χ4v) is 5.46. The Morgan fingerprint density at radius 2 is 1.72 bits per heavy atom. The number of aromatic nitrogens is 3. The Labute approximate surface area is 228 Å². The van der Waals surface area contributed by atoms with Crippen molar-refractivity contribution in [1.82, 2.24) is 20.3 Å². The largest absolute Gasteiger partial charge is 0.457 e. The number of anilines is 3. The van der Waals surface area contributed by atoms with E-state index < -0.39 is 0 Å². The molecule has 1 aliphatic carbocycles. The molecule has 8 nitrogen and oxygen atoms in total. The van der Waals surface area contributed by atoms with Crippen LogP contribution < -0.4 is 20.3 Å². The van der Waals surface area contributed by atoms with Crippen LogP contribution in [0.25, 0.3) is 10.9 Å². The van der Waals surface area contributed by atoms with Gasteiger partial charge in [-0.25, -0.2) is 15.0 Å². The van der Waals surface area contributed by atoms with Gasteiger partial charge < -0.3 is 20.3 Å². The van der Waals surface area contributed by atoms with Crippen molar-refractivity contribution in [2.75, 3.05) is 23.3 Å². The summed E-state index contributed by atoms with van der Waals surface area (Å²) in [4.78, 5) is 28.5. The summed E-state index contributed by atoms with van der Waals surface area (Å²) in [6, 6.07) is 15.7. The van der Waals surface area contributed by atoms with Crippen molar-refractivity contribution in [3.8, 4) is 11.5 Å². The molecule has 1 saturated carbocycles. The van der Waals surface area contributed by atoms with Gasteiger partial charge in [-0.1, -0.05) is 19.3 Å². The monoisotopic (exact) mass is 522 g/mol. The highest BCUT2D eigenvalue weighted by Crippen LogP contribution is 2.31. The van der Waals surface area contributed by atoms with Crippen molar-refractivity contribution in [2.45, 2.75) is 57.9 Å². The smallest absolute Gasteiger partial charge is 0.251 e. The van der Waals surface area contributed by atoms with Gasteiger partial charge in [0.15, 0.2) is 0 Å². The third kappa shape index (κ3) is 5.79. The number of hydrogen-bond donors (Lipinski definition) is 2. The second-order valence-electron chi connectivity index (χ2n) is 10.5. The highest BCUT2D eigenvalue weighted by molar-refractivity contribution is 5.94. The lowest BCUT2D eigenvalue weighted by Gasteiger charge is -2.22. The van der Waals surface area contributed by atoms with Crippen LogP contribution >= 0.6 is 0 Å². The van der Waals surface area contributed by atoms with Gasteiger partial charge in [0.25, 0.3) is 5.91 Å². The van der Waals surface area contributed by atoms with E-state index >= 15 is 0 Å². The van der Waals surface area contributed by atoms with Gasteiger partial charge in [0.05, 0.1) is 11.7 Å². The van der Waals surface area contributed by atoms with Gasteiger partial charge in [-0.2, -0.15) is 0 Å². The van der Waals surface area contributed by atoms with E-state index in [1.807, 2.05) is 55.6 Å². The molecule has 2 aliphatic rings. The molecule has 0 atom stereocenters. The maximum Gasteiger partial charge on any atom is 0.251 e. The lowest BCUT2D eigenvalue weighted by molar-refractivity contribution is 0.0927. The van der Waals surface area contributed by atoms with Crippen LogP contribution in [0.5, 0.6) is 11.5 Å². The van der Waals surface area contributed by atoms with Gasteiger partial charge in [0.1, 0.15) is 29.5 Å². The summed E-state index contributed by atoms with van der Waals surface area (Å²) in [7, 11) is 0. The van der Waals surface area contributed by atoms with Crippen LogP contribution in [0.1, 0.15) is 60.9 Å². The van der Waals surface area contributed by atoms with Crippen molar-refractivity contribution >= 4 is 34.1 Å². The molecule has 0 spiro atoms. The number of benzene rings is 2. The minimum absolute atomic E-state index is 0.0133. The van der Waals surface area contributed by atoms with Crippen molar-refractivity contribution in [1.29, 1.82) is 0 Å². The minimum atomic E-state index is -0.0133. The third-order valence-electron chi connectivity index (χ3n) is 7.66. The molecule has 2 aromatic carbocycles. The maximum atomic E-state index is 12.6. The Morgan fingerprint density at radius 1 is 0.923 bits per heavy atom. The third-order valence-corrected chi connectivity index (χ3v) is 7.66. The molecule has 3 heterocycles. The van der Waals surface area contributed by atoms with Crippen LogP contribution in [0.3, 0.4) is 0 Å². The number of rotatable bonds is 7. The summed E-state index contributed by atoms with van der Waals surface area (Å²) in [6.45, 7) is 4.08.